The van der Waals surface area contributed by atoms with E-state index in [9.17, 15) is 4.79 Å². The molecule has 0 spiro atoms. The molecule has 1 amide bonds. The summed E-state index contributed by atoms with van der Waals surface area (Å²) < 4.78 is 0. The van der Waals surface area contributed by atoms with Gasteiger partial charge in [-0.2, -0.15) is 0 Å². The van der Waals surface area contributed by atoms with Crippen molar-refractivity contribution in [2.24, 2.45) is 0 Å². The summed E-state index contributed by atoms with van der Waals surface area (Å²) in [6.45, 7) is 3.27. The summed E-state index contributed by atoms with van der Waals surface area (Å²) in [6.07, 6.45) is 24.9. The molecule has 154 valence electrons. The highest BCUT2D eigenvalue weighted by Gasteiger charge is 2.00. The van der Waals surface area contributed by atoms with Crippen LogP contribution >= 0.6 is 0 Å². The molecular formula is C23H45NO2. The number of aliphatic hydroxyl groups excluding tert-OH is 1. The number of hydrogen-bond donors (Lipinski definition) is 2. The van der Waals surface area contributed by atoms with Crippen LogP contribution in [0.1, 0.15) is 116 Å². The first-order valence-electron chi connectivity index (χ1n) is 11.3. The number of carbonyl (C=O) groups excluding carboxylic acids is 1. The van der Waals surface area contributed by atoms with Crippen LogP contribution in [0.3, 0.4) is 0 Å². The summed E-state index contributed by atoms with van der Waals surface area (Å²) in [4.78, 5) is 11.6. The van der Waals surface area contributed by atoms with Crippen molar-refractivity contribution in [2.45, 2.75) is 116 Å². The number of unbranched alkanes of at least 4 members (excludes halogenated alkanes) is 13. The lowest BCUT2D eigenvalue weighted by Crippen LogP contribution is -2.23. The van der Waals surface area contributed by atoms with E-state index in [1.165, 1.54) is 77.0 Å². The highest BCUT2D eigenvalue weighted by atomic mass is 16.2. The number of allylic oxidation sites excluding steroid dienone is 2. The van der Waals surface area contributed by atoms with Gasteiger partial charge >= 0.3 is 0 Å². The van der Waals surface area contributed by atoms with Crippen LogP contribution in [-0.2, 0) is 4.79 Å². The first-order valence-corrected chi connectivity index (χ1v) is 11.3. The van der Waals surface area contributed by atoms with E-state index >= 15 is 0 Å². The van der Waals surface area contributed by atoms with Gasteiger partial charge in [-0.1, -0.05) is 70.4 Å². The van der Waals surface area contributed by atoms with Crippen molar-refractivity contribution in [3.63, 3.8) is 0 Å². The standard InChI is InChI=1S/C23H45NO2/c1-2-3-4-5-6-7-8-9-10-11-12-13-14-15-17-20-23(26)24-21-18-16-19-22-25/h9-10,25H,2-8,11-22H2,1H3,(H,24,26)/b10-9-. The average Bonchev–Trinajstić information content (AvgIpc) is 2.64. The molecule has 2 N–H and O–H groups in total. The van der Waals surface area contributed by atoms with Crippen molar-refractivity contribution in [3.8, 4) is 0 Å². The Kier molecular flexibility index (Phi) is 21.5. The predicted molar refractivity (Wildman–Crippen MR) is 113 cm³/mol. The molecule has 0 aromatic heterocycles. The summed E-state index contributed by atoms with van der Waals surface area (Å²) in [5.41, 5.74) is 0. The van der Waals surface area contributed by atoms with E-state index in [2.05, 4.69) is 24.4 Å². The Morgan fingerprint density at radius 2 is 1.27 bits per heavy atom. The number of nitrogens with one attached hydrogen (secondary N) is 1. The fourth-order valence-corrected chi connectivity index (χ4v) is 3.09. The Morgan fingerprint density at radius 3 is 1.88 bits per heavy atom. The van der Waals surface area contributed by atoms with Gasteiger partial charge in [-0.25, -0.2) is 0 Å². The normalized spacial score (nSPS) is 11.3. The Balaban J connectivity index is 3.18. The minimum atomic E-state index is 0.187. The largest absolute Gasteiger partial charge is 0.396 e. The topological polar surface area (TPSA) is 49.3 Å². The van der Waals surface area contributed by atoms with E-state index in [0.717, 1.165) is 32.2 Å². The van der Waals surface area contributed by atoms with Gasteiger partial charge in [0.1, 0.15) is 0 Å². The van der Waals surface area contributed by atoms with E-state index < -0.39 is 0 Å². The second kappa shape index (κ2) is 22.2. The second-order valence-corrected chi connectivity index (χ2v) is 7.47. The molecular weight excluding hydrogens is 322 g/mol. The smallest absolute Gasteiger partial charge is 0.219 e. The van der Waals surface area contributed by atoms with Gasteiger partial charge < -0.3 is 10.4 Å². The van der Waals surface area contributed by atoms with E-state index in [4.69, 9.17) is 5.11 Å². The maximum absolute atomic E-state index is 11.6. The lowest BCUT2D eigenvalue weighted by atomic mass is 10.1. The van der Waals surface area contributed by atoms with Crippen LogP contribution in [0.15, 0.2) is 12.2 Å². The number of rotatable bonds is 20. The van der Waals surface area contributed by atoms with Gasteiger partial charge in [0.05, 0.1) is 0 Å². The molecule has 0 bridgehead atoms. The lowest BCUT2D eigenvalue weighted by molar-refractivity contribution is -0.121. The van der Waals surface area contributed by atoms with Crippen LogP contribution in [0, 0.1) is 0 Å². The van der Waals surface area contributed by atoms with Crippen LogP contribution in [0.25, 0.3) is 0 Å². The zero-order valence-corrected chi connectivity index (χ0v) is 17.4. The number of carbonyl (C=O) groups is 1. The number of aliphatic hydroxyl groups is 1. The molecule has 0 fully saturated rings. The third-order valence-electron chi connectivity index (χ3n) is 4.82. The van der Waals surface area contributed by atoms with Crippen LogP contribution in [0.2, 0.25) is 0 Å². The van der Waals surface area contributed by atoms with Gasteiger partial charge in [0.15, 0.2) is 0 Å². The van der Waals surface area contributed by atoms with Crippen molar-refractivity contribution < 1.29 is 9.90 Å². The highest BCUT2D eigenvalue weighted by Crippen LogP contribution is 2.10. The summed E-state index contributed by atoms with van der Waals surface area (Å²) in [7, 11) is 0. The molecule has 0 heterocycles. The number of amides is 1. The second-order valence-electron chi connectivity index (χ2n) is 7.47. The third kappa shape index (κ3) is 21.2. The minimum absolute atomic E-state index is 0.187. The quantitative estimate of drug-likeness (QED) is 0.196. The van der Waals surface area contributed by atoms with E-state index in [-0.39, 0.29) is 12.5 Å². The average molecular weight is 368 g/mol. The molecule has 0 aliphatic heterocycles. The van der Waals surface area contributed by atoms with Gasteiger partial charge in [-0.3, -0.25) is 4.79 Å². The molecule has 0 radical (unpaired) electrons. The monoisotopic (exact) mass is 367 g/mol. The molecule has 0 aromatic carbocycles. The molecule has 0 atom stereocenters. The van der Waals surface area contributed by atoms with Crippen molar-refractivity contribution >= 4 is 5.91 Å². The molecule has 26 heavy (non-hydrogen) atoms. The first kappa shape index (κ1) is 25.2. The Bertz CT molecular complexity index is 315. The van der Waals surface area contributed by atoms with E-state index in [1.807, 2.05) is 0 Å². The fourth-order valence-electron chi connectivity index (χ4n) is 3.09. The first-order chi connectivity index (χ1) is 12.8. The van der Waals surface area contributed by atoms with Crippen LogP contribution in [0.4, 0.5) is 0 Å². The van der Waals surface area contributed by atoms with Crippen LogP contribution in [-0.4, -0.2) is 24.2 Å². The summed E-state index contributed by atoms with van der Waals surface area (Å²) in [6, 6.07) is 0. The molecule has 0 unspecified atom stereocenters. The molecule has 0 aliphatic rings. The van der Waals surface area contributed by atoms with Crippen molar-refractivity contribution in [1.82, 2.24) is 5.32 Å². The predicted octanol–water partition coefficient (Wildman–Crippen LogP) is 6.30. The van der Waals surface area contributed by atoms with Crippen LogP contribution in [0.5, 0.6) is 0 Å². The Morgan fingerprint density at radius 1 is 0.731 bits per heavy atom. The Hall–Kier alpha value is -0.830. The van der Waals surface area contributed by atoms with Gasteiger partial charge in [0.25, 0.3) is 0 Å². The van der Waals surface area contributed by atoms with E-state index in [1.54, 1.807) is 0 Å². The Labute approximate surface area is 163 Å². The summed E-state index contributed by atoms with van der Waals surface area (Å²) in [5, 5.41) is 11.6. The van der Waals surface area contributed by atoms with E-state index in [0.29, 0.717) is 6.42 Å². The lowest BCUT2D eigenvalue weighted by Gasteiger charge is -2.05. The van der Waals surface area contributed by atoms with Gasteiger partial charge in [-0.15, -0.1) is 0 Å². The SMILES string of the molecule is CCCCCCCC/C=C\CCCCCCCC(=O)NCCCCCO. The summed E-state index contributed by atoms with van der Waals surface area (Å²) in [5.74, 6) is 0.187. The van der Waals surface area contributed by atoms with Crippen molar-refractivity contribution in [3.05, 3.63) is 12.2 Å². The molecule has 3 heteroatoms. The maximum Gasteiger partial charge on any atom is 0.219 e. The molecule has 0 aromatic rings. The highest BCUT2D eigenvalue weighted by molar-refractivity contribution is 5.75. The van der Waals surface area contributed by atoms with Crippen molar-refractivity contribution in [2.75, 3.05) is 13.2 Å². The van der Waals surface area contributed by atoms with Gasteiger partial charge in [0.2, 0.25) is 5.91 Å². The van der Waals surface area contributed by atoms with Crippen molar-refractivity contribution in [1.29, 1.82) is 0 Å². The molecule has 0 rings (SSSR count). The number of hydrogen-bond acceptors (Lipinski definition) is 2. The molecule has 0 saturated carbocycles. The zero-order chi connectivity index (χ0) is 19.1. The van der Waals surface area contributed by atoms with Crippen LogP contribution < -0.4 is 5.32 Å². The molecule has 3 nitrogen and oxygen atoms in total. The van der Waals surface area contributed by atoms with Gasteiger partial charge in [0, 0.05) is 19.6 Å². The maximum atomic E-state index is 11.6. The van der Waals surface area contributed by atoms with Gasteiger partial charge in [-0.05, 0) is 51.4 Å². The molecule has 0 saturated heterocycles. The molecule has 0 aliphatic carbocycles. The fraction of sp³-hybridized carbons (Fsp3) is 0.870. The zero-order valence-electron chi connectivity index (χ0n) is 17.4. The summed E-state index contributed by atoms with van der Waals surface area (Å²) >= 11 is 0. The minimum Gasteiger partial charge on any atom is -0.396 e. The third-order valence-corrected chi connectivity index (χ3v) is 4.82.